The average molecular weight is 332 g/mol. The number of urea groups is 1. The second-order valence-corrected chi connectivity index (χ2v) is 7.04. The van der Waals surface area contributed by atoms with E-state index < -0.39 is 0 Å². The van der Waals surface area contributed by atoms with Crippen molar-refractivity contribution in [1.29, 1.82) is 0 Å². The molecule has 0 radical (unpaired) electrons. The quantitative estimate of drug-likeness (QED) is 0.900. The summed E-state index contributed by atoms with van der Waals surface area (Å²) in [6, 6.07) is 4.07. The van der Waals surface area contributed by atoms with E-state index in [1.54, 1.807) is 11.9 Å². The van der Waals surface area contributed by atoms with Gasteiger partial charge in [-0.1, -0.05) is 11.6 Å². The minimum absolute atomic E-state index is 0.0559. The molecule has 1 atom stereocenters. The fourth-order valence-corrected chi connectivity index (χ4v) is 3.40. The summed E-state index contributed by atoms with van der Waals surface area (Å²) >= 11 is 7.40. The Morgan fingerprint density at radius 1 is 1.52 bits per heavy atom. The molecule has 0 aliphatic carbocycles. The molecule has 1 aliphatic rings. The molecule has 1 fully saturated rings. The van der Waals surface area contributed by atoms with E-state index >= 15 is 0 Å². The molecule has 0 saturated carbocycles. The van der Waals surface area contributed by atoms with E-state index in [0.717, 1.165) is 35.5 Å². The van der Waals surface area contributed by atoms with E-state index in [1.807, 2.05) is 12.1 Å². The predicted octanol–water partition coefficient (Wildman–Crippen LogP) is 2.26. The molecule has 2 amide bonds. The van der Waals surface area contributed by atoms with Gasteiger partial charge < -0.3 is 15.0 Å². The highest BCUT2D eigenvalue weighted by Crippen LogP contribution is 2.22. The van der Waals surface area contributed by atoms with Crippen molar-refractivity contribution in [3.63, 3.8) is 0 Å². The lowest BCUT2D eigenvalue weighted by Gasteiger charge is -2.32. The van der Waals surface area contributed by atoms with Gasteiger partial charge in [-0.3, -0.25) is 4.90 Å². The van der Waals surface area contributed by atoms with Crippen molar-refractivity contribution in [2.24, 2.45) is 0 Å². The molecule has 1 saturated heterocycles. The zero-order valence-electron chi connectivity index (χ0n) is 12.5. The maximum atomic E-state index is 12.1. The second-order valence-electron chi connectivity index (χ2n) is 5.25. The number of hydrogen-bond acceptors (Lipinski definition) is 4. The Bertz CT molecular complexity index is 463. The minimum Gasteiger partial charge on any atom is -0.379 e. The number of nitrogens with one attached hydrogen (secondary N) is 1. The van der Waals surface area contributed by atoms with Crippen molar-refractivity contribution < 1.29 is 9.53 Å². The first-order valence-electron chi connectivity index (χ1n) is 7.11. The number of morpholine rings is 1. The van der Waals surface area contributed by atoms with Gasteiger partial charge in [0, 0.05) is 37.6 Å². The summed E-state index contributed by atoms with van der Waals surface area (Å²) in [4.78, 5) is 17.2. The van der Waals surface area contributed by atoms with Gasteiger partial charge in [0.15, 0.2) is 0 Å². The van der Waals surface area contributed by atoms with Gasteiger partial charge in [-0.15, -0.1) is 11.3 Å². The van der Waals surface area contributed by atoms with Crippen LogP contribution < -0.4 is 5.32 Å². The number of ether oxygens (including phenoxy) is 1. The molecule has 1 N–H and O–H groups in total. The molecule has 1 aromatic heterocycles. The molecule has 0 bridgehead atoms. The van der Waals surface area contributed by atoms with Crippen molar-refractivity contribution in [2.75, 3.05) is 39.9 Å². The molecule has 7 heteroatoms. The Balaban J connectivity index is 1.72. The Hall–Kier alpha value is -0.820. The third-order valence-electron chi connectivity index (χ3n) is 3.59. The number of carbonyl (C=O) groups excluding carboxylic acids is 1. The van der Waals surface area contributed by atoms with Gasteiger partial charge in [0.1, 0.15) is 0 Å². The van der Waals surface area contributed by atoms with Gasteiger partial charge in [0.05, 0.1) is 24.1 Å². The van der Waals surface area contributed by atoms with Crippen molar-refractivity contribution in [3.8, 4) is 0 Å². The molecular weight excluding hydrogens is 310 g/mol. The van der Waals surface area contributed by atoms with Crippen molar-refractivity contribution in [3.05, 3.63) is 21.3 Å². The fourth-order valence-electron chi connectivity index (χ4n) is 2.26. The van der Waals surface area contributed by atoms with Crippen LogP contribution in [-0.4, -0.2) is 61.8 Å². The predicted molar refractivity (Wildman–Crippen MR) is 86.0 cm³/mol. The van der Waals surface area contributed by atoms with Crippen LogP contribution in [0.4, 0.5) is 4.79 Å². The summed E-state index contributed by atoms with van der Waals surface area (Å²) < 4.78 is 6.08. The van der Waals surface area contributed by atoms with E-state index in [2.05, 4.69) is 17.1 Å². The van der Waals surface area contributed by atoms with E-state index in [0.29, 0.717) is 19.1 Å². The molecular formula is C14H22ClN3O2S. The zero-order valence-corrected chi connectivity index (χ0v) is 14.0. The van der Waals surface area contributed by atoms with Crippen LogP contribution in [0.15, 0.2) is 12.1 Å². The first kappa shape index (κ1) is 16.5. The van der Waals surface area contributed by atoms with Gasteiger partial charge in [0.2, 0.25) is 0 Å². The maximum Gasteiger partial charge on any atom is 0.317 e. The zero-order chi connectivity index (χ0) is 15.2. The SMILES string of the molecule is CC(CNC(=O)N(C)Cc1ccc(Cl)s1)N1CCOCC1. The maximum absolute atomic E-state index is 12.1. The summed E-state index contributed by atoms with van der Waals surface area (Å²) in [5.41, 5.74) is 0. The van der Waals surface area contributed by atoms with Crippen LogP contribution in [0.1, 0.15) is 11.8 Å². The summed E-state index contributed by atoms with van der Waals surface area (Å²) in [5.74, 6) is 0. The highest BCUT2D eigenvalue weighted by atomic mass is 35.5. The molecule has 0 aromatic carbocycles. The number of rotatable bonds is 5. The van der Waals surface area contributed by atoms with Crippen LogP contribution >= 0.6 is 22.9 Å². The molecule has 118 valence electrons. The molecule has 0 spiro atoms. The molecule has 1 unspecified atom stereocenters. The number of halogens is 1. The van der Waals surface area contributed by atoms with Gasteiger partial charge in [-0.2, -0.15) is 0 Å². The highest BCUT2D eigenvalue weighted by Gasteiger charge is 2.18. The molecule has 21 heavy (non-hydrogen) atoms. The monoisotopic (exact) mass is 331 g/mol. The number of amides is 2. The average Bonchev–Trinajstić information content (AvgIpc) is 2.90. The van der Waals surface area contributed by atoms with E-state index in [-0.39, 0.29) is 6.03 Å². The lowest BCUT2D eigenvalue weighted by Crippen LogP contribution is -2.49. The lowest BCUT2D eigenvalue weighted by molar-refractivity contribution is 0.0207. The first-order chi connectivity index (χ1) is 10.1. The van der Waals surface area contributed by atoms with Crippen LogP contribution in [0.5, 0.6) is 0 Å². The molecule has 1 aliphatic heterocycles. The topological polar surface area (TPSA) is 44.8 Å². The van der Waals surface area contributed by atoms with Crippen molar-refractivity contribution in [2.45, 2.75) is 19.5 Å². The van der Waals surface area contributed by atoms with Gasteiger partial charge in [0.25, 0.3) is 0 Å². The summed E-state index contributed by atoms with van der Waals surface area (Å²) in [5, 5.41) is 2.98. The first-order valence-corrected chi connectivity index (χ1v) is 8.30. The second kappa shape index (κ2) is 7.98. The minimum atomic E-state index is -0.0559. The Kier molecular flexibility index (Phi) is 6.29. The number of hydrogen-bond donors (Lipinski definition) is 1. The Morgan fingerprint density at radius 3 is 2.86 bits per heavy atom. The van der Waals surface area contributed by atoms with Crippen molar-refractivity contribution in [1.82, 2.24) is 15.1 Å². The van der Waals surface area contributed by atoms with Gasteiger partial charge in [-0.05, 0) is 19.1 Å². The number of nitrogens with zero attached hydrogens (tertiary/aromatic N) is 2. The molecule has 1 aromatic rings. The number of carbonyl (C=O) groups is 1. The molecule has 5 nitrogen and oxygen atoms in total. The van der Waals surface area contributed by atoms with Crippen molar-refractivity contribution >= 4 is 29.0 Å². The van der Waals surface area contributed by atoms with E-state index in [9.17, 15) is 4.79 Å². The van der Waals surface area contributed by atoms with E-state index in [1.165, 1.54) is 11.3 Å². The Morgan fingerprint density at radius 2 is 2.24 bits per heavy atom. The molecule has 2 rings (SSSR count). The van der Waals surface area contributed by atoms with Crippen LogP contribution in [0.3, 0.4) is 0 Å². The van der Waals surface area contributed by atoms with Crippen LogP contribution in [-0.2, 0) is 11.3 Å². The standard InChI is InChI=1S/C14H22ClN3O2S/c1-11(18-5-7-20-8-6-18)9-16-14(19)17(2)10-12-3-4-13(15)21-12/h3-4,11H,5-10H2,1-2H3,(H,16,19). The van der Waals surface area contributed by atoms with Gasteiger partial charge in [-0.25, -0.2) is 4.79 Å². The van der Waals surface area contributed by atoms with Crippen LogP contribution in [0.25, 0.3) is 0 Å². The molecule has 2 heterocycles. The summed E-state index contributed by atoms with van der Waals surface area (Å²) in [6.07, 6.45) is 0. The lowest BCUT2D eigenvalue weighted by atomic mass is 10.2. The third-order valence-corrected chi connectivity index (χ3v) is 4.80. The van der Waals surface area contributed by atoms with E-state index in [4.69, 9.17) is 16.3 Å². The van der Waals surface area contributed by atoms with Crippen LogP contribution in [0, 0.1) is 0 Å². The third kappa shape index (κ3) is 5.14. The smallest absolute Gasteiger partial charge is 0.317 e. The fraction of sp³-hybridized carbons (Fsp3) is 0.643. The Labute approximate surface area is 134 Å². The van der Waals surface area contributed by atoms with Gasteiger partial charge >= 0.3 is 6.03 Å². The number of thiophene rings is 1. The largest absolute Gasteiger partial charge is 0.379 e. The van der Waals surface area contributed by atoms with Crippen LogP contribution in [0.2, 0.25) is 4.34 Å². The highest BCUT2D eigenvalue weighted by molar-refractivity contribution is 7.16. The summed E-state index contributed by atoms with van der Waals surface area (Å²) in [6.45, 7) is 6.77. The summed E-state index contributed by atoms with van der Waals surface area (Å²) in [7, 11) is 1.79. The normalized spacial score (nSPS) is 17.5.